The summed E-state index contributed by atoms with van der Waals surface area (Å²) in [7, 11) is 0. The van der Waals surface area contributed by atoms with Crippen LogP contribution in [0.15, 0.2) is 18.3 Å². The van der Waals surface area contributed by atoms with Gasteiger partial charge in [-0.3, -0.25) is 4.98 Å². The van der Waals surface area contributed by atoms with E-state index in [1.807, 2.05) is 18.3 Å². The van der Waals surface area contributed by atoms with Crippen LogP contribution in [0.4, 0.5) is 0 Å². The molecule has 0 fully saturated rings. The summed E-state index contributed by atoms with van der Waals surface area (Å²) in [6.07, 6.45) is 4.13. The van der Waals surface area contributed by atoms with Crippen LogP contribution in [0, 0.1) is 5.92 Å². The minimum atomic E-state index is 0.296. The maximum absolute atomic E-state index is 5.67. The lowest BCUT2D eigenvalue weighted by Crippen LogP contribution is -2.18. The van der Waals surface area contributed by atoms with Gasteiger partial charge in [-0.15, -0.1) is 0 Å². The van der Waals surface area contributed by atoms with Gasteiger partial charge >= 0.3 is 0 Å². The van der Waals surface area contributed by atoms with E-state index >= 15 is 0 Å². The maximum atomic E-state index is 5.67. The quantitative estimate of drug-likeness (QED) is 0.716. The molecule has 1 rings (SSSR count). The van der Waals surface area contributed by atoms with Crippen molar-refractivity contribution in [2.45, 2.75) is 46.6 Å². The van der Waals surface area contributed by atoms with Gasteiger partial charge < -0.3 is 10.1 Å². The number of nitrogens with one attached hydrogen (secondary N) is 1. The zero-order chi connectivity index (χ0) is 13.4. The third-order valence-electron chi connectivity index (χ3n) is 2.91. The third-order valence-corrected chi connectivity index (χ3v) is 2.91. The summed E-state index contributed by atoms with van der Waals surface area (Å²) in [5.74, 6) is 1.61. The topological polar surface area (TPSA) is 34.1 Å². The first-order valence-electron chi connectivity index (χ1n) is 6.95. The van der Waals surface area contributed by atoms with Gasteiger partial charge in [0.15, 0.2) is 0 Å². The highest BCUT2D eigenvalue weighted by Crippen LogP contribution is 2.15. The van der Waals surface area contributed by atoms with Gasteiger partial charge in [-0.1, -0.05) is 20.8 Å². The second-order valence-electron chi connectivity index (χ2n) is 5.08. The fraction of sp³-hybridized carbons (Fsp3) is 0.667. The van der Waals surface area contributed by atoms with Gasteiger partial charge in [0.1, 0.15) is 5.75 Å². The molecule has 0 radical (unpaired) electrons. The lowest BCUT2D eigenvalue weighted by atomic mass is 10.1. The van der Waals surface area contributed by atoms with Crippen molar-refractivity contribution in [3.63, 3.8) is 0 Å². The summed E-state index contributed by atoms with van der Waals surface area (Å²) in [6.45, 7) is 10.4. The zero-order valence-corrected chi connectivity index (χ0v) is 12.1. The van der Waals surface area contributed by atoms with Crippen molar-refractivity contribution in [2.24, 2.45) is 5.92 Å². The molecule has 0 saturated carbocycles. The molecule has 0 aliphatic carbocycles. The number of nitrogens with zero attached hydrogens (tertiary/aromatic N) is 1. The Kier molecular flexibility index (Phi) is 6.73. The minimum Gasteiger partial charge on any atom is -0.492 e. The molecule has 0 aliphatic heterocycles. The van der Waals surface area contributed by atoms with Gasteiger partial charge in [-0.2, -0.15) is 0 Å². The van der Waals surface area contributed by atoms with Crippen LogP contribution < -0.4 is 10.1 Å². The van der Waals surface area contributed by atoms with E-state index in [0.29, 0.717) is 6.04 Å². The van der Waals surface area contributed by atoms with Gasteiger partial charge in [0, 0.05) is 6.04 Å². The first-order chi connectivity index (χ1) is 8.63. The molecule has 1 heterocycles. The first-order valence-corrected chi connectivity index (χ1v) is 6.95. The fourth-order valence-electron chi connectivity index (χ4n) is 1.83. The van der Waals surface area contributed by atoms with Crippen LogP contribution in [0.5, 0.6) is 5.75 Å². The van der Waals surface area contributed by atoms with Crippen molar-refractivity contribution in [3.8, 4) is 5.75 Å². The Morgan fingerprint density at radius 1 is 1.28 bits per heavy atom. The van der Waals surface area contributed by atoms with Crippen LogP contribution in [0.25, 0.3) is 0 Å². The predicted molar refractivity (Wildman–Crippen MR) is 75.9 cm³/mol. The van der Waals surface area contributed by atoms with E-state index in [2.05, 4.69) is 38.0 Å². The van der Waals surface area contributed by atoms with Crippen LogP contribution in [0.3, 0.4) is 0 Å². The lowest BCUT2D eigenvalue weighted by molar-refractivity contribution is 0.296. The summed E-state index contributed by atoms with van der Waals surface area (Å²) in [5, 5.41) is 3.34. The number of pyridine rings is 1. The molecule has 0 aromatic carbocycles. The molecule has 1 aromatic rings. The van der Waals surface area contributed by atoms with E-state index in [-0.39, 0.29) is 0 Å². The van der Waals surface area contributed by atoms with Crippen LogP contribution in [0.2, 0.25) is 0 Å². The number of hydrogen-bond donors (Lipinski definition) is 1. The summed E-state index contributed by atoms with van der Waals surface area (Å²) < 4.78 is 5.67. The highest BCUT2D eigenvalue weighted by atomic mass is 16.5. The molecule has 1 N–H and O–H groups in total. The van der Waals surface area contributed by atoms with Gasteiger partial charge in [0.2, 0.25) is 0 Å². The Bertz CT molecular complexity index is 322. The molecule has 1 aromatic heterocycles. The summed E-state index contributed by atoms with van der Waals surface area (Å²) in [6, 6.07) is 4.33. The van der Waals surface area contributed by atoms with E-state index < -0.39 is 0 Å². The van der Waals surface area contributed by atoms with Crippen molar-refractivity contribution in [1.82, 2.24) is 10.3 Å². The highest BCUT2D eigenvalue weighted by molar-refractivity contribution is 5.21. The van der Waals surface area contributed by atoms with Gasteiger partial charge in [0.25, 0.3) is 0 Å². The molecule has 0 amide bonds. The Morgan fingerprint density at radius 3 is 2.61 bits per heavy atom. The molecule has 102 valence electrons. The monoisotopic (exact) mass is 250 g/mol. The molecule has 18 heavy (non-hydrogen) atoms. The zero-order valence-electron chi connectivity index (χ0n) is 12.1. The van der Waals surface area contributed by atoms with E-state index in [1.54, 1.807) is 0 Å². The number of ether oxygens (including phenoxy) is 1. The molecule has 1 atom stereocenters. The largest absolute Gasteiger partial charge is 0.492 e. The van der Waals surface area contributed by atoms with E-state index in [9.17, 15) is 0 Å². The van der Waals surface area contributed by atoms with Crippen LogP contribution in [0.1, 0.15) is 52.3 Å². The van der Waals surface area contributed by atoms with Crippen LogP contribution in [-0.4, -0.2) is 18.1 Å². The Hall–Kier alpha value is -1.09. The third kappa shape index (κ3) is 5.50. The van der Waals surface area contributed by atoms with Crippen LogP contribution >= 0.6 is 0 Å². The fourth-order valence-corrected chi connectivity index (χ4v) is 1.83. The van der Waals surface area contributed by atoms with Gasteiger partial charge in [-0.05, 0) is 44.4 Å². The molecular formula is C15H26N2O. The molecular weight excluding hydrogens is 224 g/mol. The molecule has 3 heteroatoms. The molecule has 3 nitrogen and oxygen atoms in total. The number of rotatable bonds is 8. The average Bonchev–Trinajstić information content (AvgIpc) is 2.35. The predicted octanol–water partition coefficient (Wildman–Crippen LogP) is 3.57. The van der Waals surface area contributed by atoms with Gasteiger partial charge in [0.05, 0.1) is 18.5 Å². The Labute approximate surface area is 111 Å². The van der Waals surface area contributed by atoms with Crippen molar-refractivity contribution in [1.29, 1.82) is 0 Å². The molecule has 0 aliphatic rings. The molecule has 0 bridgehead atoms. The highest BCUT2D eigenvalue weighted by Gasteiger charge is 2.05. The summed E-state index contributed by atoms with van der Waals surface area (Å²) in [5.41, 5.74) is 1.06. The van der Waals surface area contributed by atoms with Crippen molar-refractivity contribution >= 4 is 0 Å². The number of hydrogen-bond acceptors (Lipinski definition) is 3. The summed E-state index contributed by atoms with van der Waals surface area (Å²) in [4.78, 5) is 4.42. The average molecular weight is 250 g/mol. The second-order valence-corrected chi connectivity index (χ2v) is 5.08. The van der Waals surface area contributed by atoms with E-state index in [4.69, 9.17) is 4.74 Å². The minimum absolute atomic E-state index is 0.296. The van der Waals surface area contributed by atoms with Crippen LogP contribution in [-0.2, 0) is 0 Å². The van der Waals surface area contributed by atoms with Crippen molar-refractivity contribution < 1.29 is 4.74 Å². The smallest absolute Gasteiger partial charge is 0.137 e. The summed E-state index contributed by atoms with van der Waals surface area (Å²) >= 11 is 0. The Balaban J connectivity index is 2.36. The standard InChI is InChI=1S/C15H26N2O/c1-5-16-13(4)15-9-8-14(11-17-15)18-10-6-7-12(2)3/h8-9,11-13,16H,5-7,10H2,1-4H3. The van der Waals surface area contributed by atoms with Gasteiger partial charge in [-0.25, -0.2) is 0 Å². The molecule has 0 spiro atoms. The Morgan fingerprint density at radius 2 is 2.06 bits per heavy atom. The molecule has 0 saturated heterocycles. The normalized spacial score (nSPS) is 12.7. The van der Waals surface area contributed by atoms with E-state index in [0.717, 1.165) is 36.9 Å². The SMILES string of the molecule is CCNC(C)c1ccc(OCCCC(C)C)cn1. The van der Waals surface area contributed by atoms with E-state index in [1.165, 1.54) is 6.42 Å². The van der Waals surface area contributed by atoms with Crippen molar-refractivity contribution in [2.75, 3.05) is 13.2 Å². The molecule has 1 unspecified atom stereocenters. The lowest BCUT2D eigenvalue weighted by Gasteiger charge is -2.12. The second kappa shape index (κ2) is 8.09. The van der Waals surface area contributed by atoms with Crippen molar-refractivity contribution in [3.05, 3.63) is 24.0 Å². The first kappa shape index (κ1) is 15.0. The number of aromatic nitrogens is 1. The maximum Gasteiger partial charge on any atom is 0.137 e.